The largest absolute Gasteiger partial charge is 0.480 e. The first-order valence-corrected chi connectivity index (χ1v) is 4.35. The lowest BCUT2D eigenvalue weighted by molar-refractivity contribution is -0.141. The molecular formula is C8H16N2O4. The van der Waals surface area contributed by atoms with Gasteiger partial charge in [0.15, 0.2) is 0 Å². The second kappa shape index (κ2) is 6.33. The second-order valence-electron chi connectivity index (χ2n) is 3.06. The summed E-state index contributed by atoms with van der Waals surface area (Å²) < 4.78 is 0. The minimum absolute atomic E-state index is 0.0897. The number of carbonyl (C=O) groups is 2. The summed E-state index contributed by atoms with van der Waals surface area (Å²) in [6, 6.07) is -0.950. The highest BCUT2D eigenvalue weighted by molar-refractivity contribution is 5.81. The van der Waals surface area contributed by atoms with Gasteiger partial charge < -0.3 is 21.3 Å². The van der Waals surface area contributed by atoms with E-state index < -0.39 is 24.0 Å². The van der Waals surface area contributed by atoms with E-state index in [2.05, 4.69) is 5.32 Å². The van der Waals surface area contributed by atoms with Crippen molar-refractivity contribution in [1.29, 1.82) is 0 Å². The summed E-state index contributed by atoms with van der Waals surface area (Å²) in [5.74, 6) is -1.51. The van der Waals surface area contributed by atoms with Gasteiger partial charge >= 0.3 is 5.97 Å². The Morgan fingerprint density at radius 1 is 1.43 bits per heavy atom. The Morgan fingerprint density at radius 3 is 2.36 bits per heavy atom. The number of hydrogen-bond donors (Lipinski definition) is 4. The maximum absolute atomic E-state index is 10.6. The van der Waals surface area contributed by atoms with Gasteiger partial charge in [-0.25, -0.2) is 4.79 Å². The van der Waals surface area contributed by atoms with Crippen molar-refractivity contribution in [3.05, 3.63) is 0 Å². The molecule has 0 aliphatic heterocycles. The standard InChI is InChI=1S/C8H16N2O4/c1-5(11)10-7(8(13)14)3-2-6(12)4-9/h6-7,12H,2-4,9H2,1H3,(H,10,11)(H,13,14)/t6?,7-/m0/s1. The molecule has 0 aromatic carbocycles. The van der Waals surface area contributed by atoms with E-state index in [1.54, 1.807) is 0 Å². The van der Waals surface area contributed by atoms with Crippen LogP contribution in [0.25, 0.3) is 0 Å². The van der Waals surface area contributed by atoms with Crippen LogP contribution in [0.4, 0.5) is 0 Å². The summed E-state index contributed by atoms with van der Waals surface area (Å²) in [4.78, 5) is 21.2. The monoisotopic (exact) mass is 204 g/mol. The number of nitrogens with two attached hydrogens (primary N) is 1. The first-order chi connectivity index (χ1) is 6.47. The highest BCUT2D eigenvalue weighted by Gasteiger charge is 2.18. The number of amides is 1. The molecule has 0 saturated carbocycles. The van der Waals surface area contributed by atoms with Crippen molar-refractivity contribution in [2.24, 2.45) is 5.73 Å². The zero-order chi connectivity index (χ0) is 11.1. The lowest BCUT2D eigenvalue weighted by atomic mass is 10.1. The van der Waals surface area contributed by atoms with Crippen molar-refractivity contribution in [1.82, 2.24) is 5.32 Å². The maximum atomic E-state index is 10.6. The van der Waals surface area contributed by atoms with Gasteiger partial charge in [-0.2, -0.15) is 0 Å². The average Bonchev–Trinajstić information content (AvgIpc) is 2.10. The van der Waals surface area contributed by atoms with Crippen LogP contribution in [0.3, 0.4) is 0 Å². The number of nitrogens with one attached hydrogen (secondary N) is 1. The fourth-order valence-corrected chi connectivity index (χ4v) is 0.980. The summed E-state index contributed by atoms with van der Waals surface area (Å²) in [6.07, 6.45) is -0.285. The van der Waals surface area contributed by atoms with Gasteiger partial charge in [0.25, 0.3) is 0 Å². The number of aliphatic hydroxyl groups is 1. The van der Waals surface area contributed by atoms with E-state index in [0.717, 1.165) is 0 Å². The first kappa shape index (κ1) is 12.9. The van der Waals surface area contributed by atoms with Crippen LogP contribution in [0.15, 0.2) is 0 Å². The molecule has 1 unspecified atom stereocenters. The third kappa shape index (κ3) is 5.50. The Kier molecular flexibility index (Phi) is 5.82. The van der Waals surface area contributed by atoms with Crippen LogP contribution in [0.2, 0.25) is 0 Å². The van der Waals surface area contributed by atoms with E-state index in [1.165, 1.54) is 6.92 Å². The van der Waals surface area contributed by atoms with Crippen LogP contribution in [0, 0.1) is 0 Å². The van der Waals surface area contributed by atoms with Gasteiger partial charge in [-0.05, 0) is 12.8 Å². The molecule has 0 heterocycles. The quantitative estimate of drug-likeness (QED) is 0.428. The number of aliphatic hydroxyl groups excluding tert-OH is 1. The predicted octanol–water partition coefficient (Wildman–Crippen LogP) is -1.32. The average molecular weight is 204 g/mol. The molecular weight excluding hydrogens is 188 g/mol. The molecule has 0 aromatic rings. The molecule has 0 rings (SSSR count). The Labute approximate surface area is 82.1 Å². The van der Waals surface area contributed by atoms with Crippen LogP contribution < -0.4 is 11.1 Å². The first-order valence-electron chi connectivity index (χ1n) is 4.35. The van der Waals surface area contributed by atoms with Crippen LogP contribution in [0.5, 0.6) is 0 Å². The van der Waals surface area contributed by atoms with E-state index in [-0.39, 0.29) is 19.4 Å². The molecule has 2 atom stereocenters. The van der Waals surface area contributed by atoms with Gasteiger partial charge in [-0.15, -0.1) is 0 Å². The molecule has 0 saturated heterocycles. The van der Waals surface area contributed by atoms with Gasteiger partial charge in [-0.1, -0.05) is 0 Å². The lowest BCUT2D eigenvalue weighted by Crippen LogP contribution is -2.40. The Balaban J connectivity index is 3.97. The van der Waals surface area contributed by atoms with E-state index in [4.69, 9.17) is 15.9 Å². The molecule has 14 heavy (non-hydrogen) atoms. The Bertz CT molecular complexity index is 208. The fourth-order valence-electron chi connectivity index (χ4n) is 0.980. The molecule has 0 fully saturated rings. The molecule has 5 N–H and O–H groups in total. The number of carboxylic acids is 1. The minimum atomic E-state index is -1.11. The van der Waals surface area contributed by atoms with Gasteiger partial charge in [-0.3, -0.25) is 4.79 Å². The fraction of sp³-hybridized carbons (Fsp3) is 0.750. The maximum Gasteiger partial charge on any atom is 0.326 e. The molecule has 0 aromatic heterocycles. The highest BCUT2D eigenvalue weighted by atomic mass is 16.4. The number of hydrogen-bond acceptors (Lipinski definition) is 4. The van der Waals surface area contributed by atoms with Crippen LogP contribution >= 0.6 is 0 Å². The zero-order valence-corrected chi connectivity index (χ0v) is 8.06. The minimum Gasteiger partial charge on any atom is -0.480 e. The van der Waals surface area contributed by atoms with E-state index in [1.807, 2.05) is 0 Å². The predicted molar refractivity (Wildman–Crippen MR) is 49.5 cm³/mol. The number of carbonyl (C=O) groups excluding carboxylic acids is 1. The van der Waals surface area contributed by atoms with Gasteiger partial charge in [0.05, 0.1) is 6.10 Å². The van der Waals surface area contributed by atoms with Gasteiger partial charge in [0.2, 0.25) is 5.91 Å². The van der Waals surface area contributed by atoms with E-state index in [0.29, 0.717) is 0 Å². The summed E-state index contributed by atoms with van der Waals surface area (Å²) in [5.41, 5.74) is 5.15. The highest BCUT2D eigenvalue weighted by Crippen LogP contribution is 2.01. The molecule has 0 aliphatic rings. The van der Waals surface area contributed by atoms with Crippen molar-refractivity contribution < 1.29 is 19.8 Å². The Hall–Kier alpha value is -1.14. The van der Waals surface area contributed by atoms with E-state index >= 15 is 0 Å². The van der Waals surface area contributed by atoms with Crippen molar-refractivity contribution in [3.63, 3.8) is 0 Å². The van der Waals surface area contributed by atoms with Gasteiger partial charge in [0, 0.05) is 13.5 Å². The van der Waals surface area contributed by atoms with E-state index in [9.17, 15) is 9.59 Å². The van der Waals surface area contributed by atoms with Crippen LogP contribution in [-0.4, -0.2) is 40.8 Å². The SMILES string of the molecule is CC(=O)N[C@@H](CCC(O)CN)C(=O)O. The van der Waals surface area contributed by atoms with Crippen molar-refractivity contribution >= 4 is 11.9 Å². The summed E-state index contributed by atoms with van der Waals surface area (Å²) in [7, 11) is 0. The van der Waals surface area contributed by atoms with Crippen molar-refractivity contribution in [2.75, 3.05) is 6.54 Å². The molecule has 82 valence electrons. The molecule has 0 radical (unpaired) electrons. The second-order valence-corrected chi connectivity index (χ2v) is 3.06. The molecule has 0 bridgehead atoms. The third-order valence-electron chi connectivity index (χ3n) is 1.74. The number of rotatable bonds is 6. The van der Waals surface area contributed by atoms with Crippen molar-refractivity contribution in [2.45, 2.75) is 31.9 Å². The number of carboxylic acid groups (broad SMARTS) is 1. The summed E-state index contributed by atoms with van der Waals surface area (Å²) in [6.45, 7) is 1.34. The molecule has 0 aliphatic carbocycles. The lowest BCUT2D eigenvalue weighted by Gasteiger charge is -2.14. The zero-order valence-electron chi connectivity index (χ0n) is 8.06. The van der Waals surface area contributed by atoms with Crippen LogP contribution in [-0.2, 0) is 9.59 Å². The molecule has 6 nitrogen and oxygen atoms in total. The third-order valence-corrected chi connectivity index (χ3v) is 1.74. The Morgan fingerprint density at radius 2 is 2.00 bits per heavy atom. The normalized spacial score (nSPS) is 14.5. The molecule has 1 amide bonds. The van der Waals surface area contributed by atoms with Gasteiger partial charge in [0.1, 0.15) is 6.04 Å². The summed E-state index contributed by atoms with van der Waals surface area (Å²) >= 11 is 0. The van der Waals surface area contributed by atoms with Crippen LogP contribution in [0.1, 0.15) is 19.8 Å². The smallest absolute Gasteiger partial charge is 0.326 e. The number of aliphatic carboxylic acids is 1. The van der Waals surface area contributed by atoms with Crippen molar-refractivity contribution in [3.8, 4) is 0 Å². The molecule has 6 heteroatoms. The summed E-state index contributed by atoms with van der Waals surface area (Å²) in [5, 5.41) is 20.0. The molecule has 0 spiro atoms. The topological polar surface area (TPSA) is 113 Å².